The number of aryl methyl sites for hydroxylation is 1. The number of aromatic amines is 1. The molecule has 2 aromatic carbocycles. The van der Waals surface area contributed by atoms with E-state index < -0.39 is 0 Å². The monoisotopic (exact) mass is 372 g/mol. The van der Waals surface area contributed by atoms with Crippen molar-refractivity contribution in [2.75, 3.05) is 0 Å². The van der Waals surface area contributed by atoms with Gasteiger partial charge in [-0.05, 0) is 41.3 Å². The molecule has 0 saturated heterocycles. The van der Waals surface area contributed by atoms with Crippen LogP contribution in [0.4, 0.5) is 0 Å². The number of nitrogens with zero attached hydrogens (tertiary/aromatic N) is 1. The zero-order valence-corrected chi connectivity index (χ0v) is 16.9. The van der Waals surface area contributed by atoms with Crippen LogP contribution in [0.25, 0.3) is 22.2 Å². The summed E-state index contributed by atoms with van der Waals surface area (Å²) < 4.78 is 6.20. The fraction of sp³-hybridized carbons (Fsp3) is 0.240. The highest BCUT2D eigenvalue weighted by Gasteiger charge is 2.11. The smallest absolute Gasteiger partial charge is 0.137 e. The Labute approximate surface area is 167 Å². The Bertz CT molecular complexity index is 1010. The number of pyridine rings is 1. The van der Waals surface area contributed by atoms with Crippen molar-refractivity contribution in [1.82, 2.24) is 9.97 Å². The number of fused-ring (bicyclic) bond motifs is 1. The molecular weight excluding hydrogens is 344 g/mol. The number of nitrogens with one attached hydrogen (secondary N) is 1. The molecule has 3 heteroatoms. The highest BCUT2D eigenvalue weighted by atomic mass is 16.5. The lowest BCUT2D eigenvalue weighted by Crippen LogP contribution is -1.99. The lowest BCUT2D eigenvalue weighted by molar-refractivity contribution is 0.303. The number of hydrogen-bond donors (Lipinski definition) is 1. The van der Waals surface area contributed by atoms with Crippen molar-refractivity contribution in [2.45, 2.75) is 40.2 Å². The predicted octanol–water partition coefficient (Wildman–Crippen LogP) is 6.79. The van der Waals surface area contributed by atoms with Crippen molar-refractivity contribution in [1.29, 1.82) is 0 Å². The maximum absolute atomic E-state index is 6.20. The average molecular weight is 373 g/mol. The van der Waals surface area contributed by atoms with Crippen LogP contribution in [0.1, 0.15) is 38.3 Å². The molecule has 28 heavy (non-hydrogen) atoms. The third-order valence-electron chi connectivity index (χ3n) is 4.59. The third kappa shape index (κ3) is 4.42. The van der Waals surface area contributed by atoms with E-state index >= 15 is 0 Å². The molecule has 0 bridgehead atoms. The van der Waals surface area contributed by atoms with E-state index in [1.807, 2.05) is 44.3 Å². The first-order valence-corrected chi connectivity index (χ1v) is 10.1. The summed E-state index contributed by atoms with van der Waals surface area (Å²) >= 11 is 0. The van der Waals surface area contributed by atoms with Gasteiger partial charge in [-0.3, -0.25) is 0 Å². The number of ether oxygens (including phenoxy) is 1. The SMILES string of the molecule is CC.CCCc1ccc(-c2c[nH]c3ncccc23)cc1OCc1ccccc1. The maximum Gasteiger partial charge on any atom is 0.137 e. The second-order valence-electron chi connectivity index (χ2n) is 6.45. The topological polar surface area (TPSA) is 37.9 Å². The first-order valence-electron chi connectivity index (χ1n) is 10.1. The molecule has 0 spiro atoms. The van der Waals surface area contributed by atoms with Gasteiger partial charge in [0, 0.05) is 23.3 Å². The Kier molecular flexibility index (Phi) is 6.85. The molecule has 0 aliphatic rings. The largest absolute Gasteiger partial charge is 0.489 e. The number of hydrogen-bond acceptors (Lipinski definition) is 2. The number of benzene rings is 2. The number of rotatable bonds is 6. The summed E-state index contributed by atoms with van der Waals surface area (Å²) in [4.78, 5) is 7.64. The fourth-order valence-electron chi connectivity index (χ4n) is 3.26. The number of aromatic nitrogens is 2. The van der Waals surface area contributed by atoms with Crippen LogP contribution < -0.4 is 4.74 Å². The zero-order chi connectivity index (χ0) is 19.8. The minimum atomic E-state index is 0.580. The van der Waals surface area contributed by atoms with Gasteiger partial charge in [0.05, 0.1) is 0 Å². The quantitative estimate of drug-likeness (QED) is 0.405. The molecule has 0 unspecified atom stereocenters. The van der Waals surface area contributed by atoms with Crippen molar-refractivity contribution >= 4 is 11.0 Å². The second-order valence-corrected chi connectivity index (χ2v) is 6.45. The standard InChI is InChI=1S/C23H22N2O.C2H6/c1-2-7-18-11-12-19(21-15-25-23-20(21)10-6-13-24-23)14-22(18)26-16-17-8-4-3-5-9-17;1-2/h3-6,8-15H,2,7,16H2,1H3,(H,24,25);1-2H3. The molecule has 0 aliphatic carbocycles. The van der Waals surface area contributed by atoms with E-state index in [-0.39, 0.29) is 0 Å². The van der Waals surface area contributed by atoms with Crippen molar-refractivity contribution in [3.63, 3.8) is 0 Å². The summed E-state index contributed by atoms with van der Waals surface area (Å²) in [5.41, 5.74) is 5.64. The number of H-pyrrole nitrogens is 1. The zero-order valence-electron chi connectivity index (χ0n) is 16.9. The van der Waals surface area contributed by atoms with Crippen molar-refractivity contribution in [3.05, 3.63) is 84.2 Å². The van der Waals surface area contributed by atoms with E-state index in [1.165, 1.54) is 11.1 Å². The molecule has 0 atom stereocenters. The van der Waals surface area contributed by atoms with Crippen LogP contribution in [0.15, 0.2) is 73.1 Å². The normalized spacial score (nSPS) is 10.4. The van der Waals surface area contributed by atoms with Gasteiger partial charge in [-0.25, -0.2) is 4.98 Å². The van der Waals surface area contributed by atoms with Crippen LogP contribution in [0, 0.1) is 0 Å². The van der Waals surface area contributed by atoms with Gasteiger partial charge in [0.2, 0.25) is 0 Å². The van der Waals surface area contributed by atoms with Crippen LogP contribution in [0.2, 0.25) is 0 Å². The van der Waals surface area contributed by atoms with E-state index in [0.717, 1.165) is 40.8 Å². The van der Waals surface area contributed by atoms with Gasteiger partial charge in [-0.1, -0.05) is 69.7 Å². The highest BCUT2D eigenvalue weighted by Crippen LogP contribution is 2.32. The van der Waals surface area contributed by atoms with Crippen molar-refractivity contribution in [2.24, 2.45) is 0 Å². The summed E-state index contributed by atoms with van der Waals surface area (Å²) in [5.74, 6) is 0.964. The second kappa shape index (κ2) is 9.75. The van der Waals surface area contributed by atoms with E-state index in [9.17, 15) is 0 Å². The summed E-state index contributed by atoms with van der Waals surface area (Å²) in [6.07, 6.45) is 5.94. The Morgan fingerprint density at radius 2 is 1.79 bits per heavy atom. The third-order valence-corrected chi connectivity index (χ3v) is 4.59. The van der Waals surface area contributed by atoms with Gasteiger partial charge in [-0.15, -0.1) is 0 Å². The van der Waals surface area contributed by atoms with Gasteiger partial charge in [0.25, 0.3) is 0 Å². The van der Waals surface area contributed by atoms with E-state index in [4.69, 9.17) is 4.74 Å². The van der Waals surface area contributed by atoms with Gasteiger partial charge in [-0.2, -0.15) is 0 Å². The Morgan fingerprint density at radius 1 is 0.964 bits per heavy atom. The Balaban J connectivity index is 0.00000109. The van der Waals surface area contributed by atoms with Crippen LogP contribution >= 0.6 is 0 Å². The lowest BCUT2D eigenvalue weighted by Gasteiger charge is -2.13. The van der Waals surface area contributed by atoms with Crippen molar-refractivity contribution in [3.8, 4) is 16.9 Å². The van der Waals surface area contributed by atoms with Gasteiger partial charge in [0.1, 0.15) is 18.0 Å². The summed E-state index contributed by atoms with van der Waals surface area (Å²) in [7, 11) is 0. The van der Waals surface area contributed by atoms with Gasteiger partial charge >= 0.3 is 0 Å². The van der Waals surface area contributed by atoms with Crippen molar-refractivity contribution < 1.29 is 4.74 Å². The molecule has 1 N–H and O–H groups in total. The van der Waals surface area contributed by atoms with Gasteiger partial charge < -0.3 is 9.72 Å². The summed E-state index contributed by atoms with van der Waals surface area (Å²) in [5, 5.41) is 1.13. The predicted molar refractivity (Wildman–Crippen MR) is 118 cm³/mol. The molecular formula is C25H28N2O. The van der Waals surface area contributed by atoms with E-state index in [1.54, 1.807) is 6.20 Å². The average Bonchev–Trinajstić information content (AvgIpc) is 3.20. The molecule has 0 fully saturated rings. The van der Waals surface area contributed by atoms with E-state index in [2.05, 4.69) is 53.3 Å². The lowest BCUT2D eigenvalue weighted by atomic mass is 10.0. The minimum absolute atomic E-state index is 0.580. The molecule has 0 amide bonds. The Hall–Kier alpha value is -3.07. The highest BCUT2D eigenvalue weighted by molar-refractivity contribution is 5.93. The first-order chi connectivity index (χ1) is 13.8. The molecule has 4 aromatic rings. The molecule has 0 saturated carbocycles. The summed E-state index contributed by atoms with van der Waals surface area (Å²) in [6, 6.07) is 20.9. The molecule has 0 radical (unpaired) electrons. The molecule has 4 rings (SSSR count). The maximum atomic E-state index is 6.20. The van der Waals surface area contributed by atoms with Crippen LogP contribution in [-0.4, -0.2) is 9.97 Å². The fourth-order valence-corrected chi connectivity index (χ4v) is 3.26. The van der Waals surface area contributed by atoms with E-state index in [0.29, 0.717) is 6.61 Å². The molecule has 2 heterocycles. The minimum Gasteiger partial charge on any atom is -0.489 e. The Morgan fingerprint density at radius 3 is 2.57 bits per heavy atom. The van der Waals surface area contributed by atoms with Crippen LogP contribution in [-0.2, 0) is 13.0 Å². The molecule has 144 valence electrons. The summed E-state index contributed by atoms with van der Waals surface area (Å²) in [6.45, 7) is 6.77. The molecule has 2 aromatic heterocycles. The van der Waals surface area contributed by atoms with Crippen LogP contribution in [0.3, 0.4) is 0 Å². The molecule has 3 nitrogen and oxygen atoms in total. The molecule has 0 aliphatic heterocycles. The first kappa shape index (κ1) is 19.7. The van der Waals surface area contributed by atoms with Gasteiger partial charge in [0.15, 0.2) is 0 Å². The van der Waals surface area contributed by atoms with Crippen LogP contribution in [0.5, 0.6) is 5.75 Å².